The van der Waals surface area contributed by atoms with Crippen LogP contribution < -0.4 is 4.74 Å². The third-order valence-electron chi connectivity index (χ3n) is 4.37. The number of rotatable bonds is 3. The summed E-state index contributed by atoms with van der Waals surface area (Å²) >= 11 is 0. The van der Waals surface area contributed by atoms with E-state index in [4.69, 9.17) is 4.74 Å². The molecule has 1 fully saturated rings. The minimum Gasteiger partial charge on any atom is -0.484 e. The maximum Gasteiger partial charge on any atom is 0.439 e. The van der Waals surface area contributed by atoms with E-state index >= 15 is 0 Å². The zero-order valence-corrected chi connectivity index (χ0v) is 12.8. The molecular formula is C16H17F3N2O3. The van der Waals surface area contributed by atoms with E-state index in [0.29, 0.717) is 25.0 Å². The van der Waals surface area contributed by atoms with Gasteiger partial charge in [0.25, 0.3) is 11.6 Å². The predicted octanol–water partition coefficient (Wildman–Crippen LogP) is 2.70. The lowest BCUT2D eigenvalue weighted by Crippen LogP contribution is -2.62. The molecule has 1 aromatic carbocycles. The summed E-state index contributed by atoms with van der Waals surface area (Å²) in [6, 6.07) is 8.26. The molecule has 1 saturated carbocycles. The van der Waals surface area contributed by atoms with Crippen LogP contribution in [0.3, 0.4) is 0 Å². The number of hydrogen-bond acceptors (Lipinski definition) is 4. The first kappa shape index (κ1) is 16.8. The van der Waals surface area contributed by atoms with Gasteiger partial charge in [-0.1, -0.05) is 24.6 Å². The zero-order chi connectivity index (χ0) is 17.4. The molecule has 2 atom stereocenters. The van der Waals surface area contributed by atoms with Crippen molar-refractivity contribution in [2.45, 2.75) is 37.6 Å². The number of amides is 1. The SMILES string of the molecule is O=C(COc1ccccc1)N1N=C2CCCC[C@@H]2[C@@]1(O)C(F)(F)F. The lowest BCUT2D eigenvalue weighted by atomic mass is 9.80. The first-order valence-corrected chi connectivity index (χ1v) is 7.71. The molecule has 0 saturated heterocycles. The van der Waals surface area contributed by atoms with E-state index in [-0.39, 0.29) is 17.1 Å². The van der Waals surface area contributed by atoms with Crippen LogP contribution in [0.25, 0.3) is 0 Å². The highest BCUT2D eigenvalue weighted by Gasteiger charge is 2.68. The second-order valence-electron chi connectivity index (χ2n) is 5.92. The van der Waals surface area contributed by atoms with Gasteiger partial charge in [-0.05, 0) is 31.4 Å². The monoisotopic (exact) mass is 342 g/mol. The number of halogens is 3. The molecule has 0 bridgehead atoms. The number of carbonyl (C=O) groups excluding carboxylic acids is 1. The molecule has 2 aliphatic rings. The Labute approximate surface area is 136 Å². The van der Waals surface area contributed by atoms with Crippen molar-refractivity contribution in [3.8, 4) is 5.75 Å². The van der Waals surface area contributed by atoms with Crippen LogP contribution in [-0.2, 0) is 4.79 Å². The molecule has 0 aromatic heterocycles. The van der Waals surface area contributed by atoms with Gasteiger partial charge in [0.1, 0.15) is 5.75 Å². The van der Waals surface area contributed by atoms with E-state index in [1.807, 2.05) is 0 Å². The van der Waals surface area contributed by atoms with Gasteiger partial charge in [-0.3, -0.25) is 4.79 Å². The number of nitrogens with zero attached hydrogens (tertiary/aromatic N) is 2. The smallest absolute Gasteiger partial charge is 0.439 e. The van der Waals surface area contributed by atoms with Gasteiger partial charge in [-0.25, -0.2) is 0 Å². The molecule has 1 heterocycles. The number of benzene rings is 1. The van der Waals surface area contributed by atoms with Crippen molar-refractivity contribution < 1.29 is 27.8 Å². The molecule has 130 valence electrons. The molecule has 1 amide bonds. The predicted molar refractivity (Wildman–Crippen MR) is 79.2 cm³/mol. The molecule has 24 heavy (non-hydrogen) atoms. The van der Waals surface area contributed by atoms with Crippen molar-refractivity contribution in [1.82, 2.24) is 5.01 Å². The number of alkyl halides is 3. The largest absolute Gasteiger partial charge is 0.484 e. The normalized spacial score (nSPS) is 26.8. The Morgan fingerprint density at radius 2 is 2.04 bits per heavy atom. The fraction of sp³-hybridized carbons (Fsp3) is 0.500. The lowest BCUT2D eigenvalue weighted by molar-refractivity contribution is -0.317. The van der Waals surface area contributed by atoms with E-state index < -0.39 is 30.3 Å². The van der Waals surface area contributed by atoms with Crippen LogP contribution in [0.5, 0.6) is 5.75 Å². The van der Waals surface area contributed by atoms with Crippen molar-refractivity contribution >= 4 is 11.6 Å². The van der Waals surface area contributed by atoms with Crippen LogP contribution in [-0.4, -0.2) is 40.2 Å². The fourth-order valence-corrected chi connectivity index (χ4v) is 3.19. The molecule has 0 radical (unpaired) electrons. The van der Waals surface area contributed by atoms with Gasteiger partial charge in [-0.15, -0.1) is 0 Å². The Kier molecular flexibility index (Phi) is 4.25. The van der Waals surface area contributed by atoms with Gasteiger partial charge in [0.05, 0.1) is 5.92 Å². The Balaban J connectivity index is 1.81. The van der Waals surface area contributed by atoms with Crippen molar-refractivity contribution in [2.75, 3.05) is 6.61 Å². The first-order valence-electron chi connectivity index (χ1n) is 7.71. The Bertz CT molecular complexity index is 648. The summed E-state index contributed by atoms with van der Waals surface area (Å²) in [6.45, 7) is -0.633. The first-order chi connectivity index (χ1) is 11.3. The summed E-state index contributed by atoms with van der Waals surface area (Å²) in [7, 11) is 0. The van der Waals surface area contributed by atoms with Crippen molar-refractivity contribution in [3.05, 3.63) is 30.3 Å². The standard InChI is InChI=1S/C16H17F3N2O3/c17-16(18,19)15(23)12-8-4-5-9-13(12)20-21(15)14(22)10-24-11-6-2-1-3-7-11/h1-3,6-7,12,23H,4-5,8-10H2/t12-,15+/m0/s1. The van der Waals surface area contributed by atoms with Crippen molar-refractivity contribution in [1.29, 1.82) is 0 Å². The molecule has 8 heteroatoms. The van der Waals surface area contributed by atoms with Gasteiger partial charge in [0.2, 0.25) is 0 Å². The van der Waals surface area contributed by atoms with Crippen LogP contribution in [0.15, 0.2) is 35.4 Å². The molecule has 1 aliphatic heterocycles. The highest BCUT2D eigenvalue weighted by Crippen LogP contribution is 2.48. The van der Waals surface area contributed by atoms with Crippen LogP contribution in [0.4, 0.5) is 13.2 Å². The number of fused-ring (bicyclic) bond motifs is 1. The summed E-state index contributed by atoms with van der Waals surface area (Å²) in [5.74, 6) is -1.88. The maximum absolute atomic E-state index is 13.5. The number of hydrogen-bond donors (Lipinski definition) is 1. The minimum atomic E-state index is -5.00. The summed E-state index contributed by atoms with van der Waals surface area (Å²) in [4.78, 5) is 12.3. The molecule has 1 N–H and O–H groups in total. The van der Waals surface area contributed by atoms with Crippen LogP contribution in [0.1, 0.15) is 25.7 Å². The Morgan fingerprint density at radius 3 is 2.71 bits per heavy atom. The molecule has 0 spiro atoms. The molecule has 1 aromatic rings. The number of aliphatic hydroxyl groups is 1. The highest BCUT2D eigenvalue weighted by atomic mass is 19.4. The molecule has 5 nitrogen and oxygen atoms in total. The van der Waals surface area contributed by atoms with Crippen molar-refractivity contribution in [2.24, 2.45) is 11.0 Å². The third-order valence-corrected chi connectivity index (χ3v) is 4.37. The third kappa shape index (κ3) is 2.75. The van der Waals surface area contributed by atoms with E-state index in [0.717, 1.165) is 0 Å². The van der Waals surface area contributed by atoms with Gasteiger partial charge >= 0.3 is 6.18 Å². The number of ether oxygens (including phenoxy) is 1. The second-order valence-corrected chi connectivity index (χ2v) is 5.92. The van der Waals surface area contributed by atoms with E-state index in [1.165, 1.54) is 0 Å². The number of carbonyl (C=O) groups is 1. The van der Waals surface area contributed by atoms with Gasteiger partial charge < -0.3 is 9.84 Å². The number of hydrazone groups is 1. The summed E-state index contributed by atoms with van der Waals surface area (Å²) in [6.07, 6.45) is -3.23. The minimum absolute atomic E-state index is 0.151. The molecule has 3 rings (SSSR count). The van der Waals surface area contributed by atoms with Crippen molar-refractivity contribution in [3.63, 3.8) is 0 Å². The average molecular weight is 342 g/mol. The molecule has 0 unspecified atom stereocenters. The summed E-state index contributed by atoms with van der Waals surface area (Å²) in [5.41, 5.74) is -3.06. The van der Waals surface area contributed by atoms with Crippen LogP contribution in [0, 0.1) is 5.92 Å². The van der Waals surface area contributed by atoms with E-state index in [2.05, 4.69) is 5.10 Å². The second kappa shape index (κ2) is 6.08. The highest BCUT2D eigenvalue weighted by molar-refractivity contribution is 5.93. The zero-order valence-electron chi connectivity index (χ0n) is 12.8. The van der Waals surface area contributed by atoms with Crippen LogP contribution in [0.2, 0.25) is 0 Å². The Morgan fingerprint density at radius 1 is 1.33 bits per heavy atom. The fourth-order valence-electron chi connectivity index (χ4n) is 3.19. The lowest BCUT2D eigenvalue weighted by Gasteiger charge is -2.38. The molecule has 1 aliphatic carbocycles. The van der Waals surface area contributed by atoms with Gasteiger partial charge in [0, 0.05) is 5.71 Å². The van der Waals surface area contributed by atoms with E-state index in [1.54, 1.807) is 30.3 Å². The van der Waals surface area contributed by atoms with E-state index in [9.17, 15) is 23.1 Å². The Hall–Kier alpha value is -2.09. The van der Waals surface area contributed by atoms with Gasteiger partial charge in [0.15, 0.2) is 6.61 Å². The number of para-hydroxylation sites is 1. The quantitative estimate of drug-likeness (QED) is 0.919. The summed E-state index contributed by atoms with van der Waals surface area (Å²) in [5, 5.41) is 14.3. The van der Waals surface area contributed by atoms with Gasteiger partial charge in [-0.2, -0.15) is 23.3 Å². The molecular weight excluding hydrogens is 325 g/mol. The van der Waals surface area contributed by atoms with Crippen LogP contribution >= 0.6 is 0 Å². The topological polar surface area (TPSA) is 62.1 Å². The maximum atomic E-state index is 13.5. The summed E-state index contributed by atoms with van der Waals surface area (Å²) < 4.78 is 45.8. The average Bonchev–Trinajstić information content (AvgIpc) is 2.88.